The van der Waals surface area contributed by atoms with Gasteiger partial charge in [0.2, 0.25) is 0 Å². The van der Waals surface area contributed by atoms with E-state index in [-0.39, 0.29) is 5.57 Å². The number of thiophene rings is 1. The normalized spacial score (nSPS) is 8.57. The Morgan fingerprint density at radius 2 is 2.00 bits per heavy atom. The van der Waals surface area contributed by atoms with Crippen molar-refractivity contribution in [3.8, 4) is 12.1 Å². The fourth-order valence-corrected chi connectivity index (χ4v) is 1.76. The van der Waals surface area contributed by atoms with Crippen molar-refractivity contribution < 1.29 is 0 Å². The Bertz CT molecular complexity index is 413. The molecule has 1 heterocycles. The van der Waals surface area contributed by atoms with Gasteiger partial charge in [-0.3, -0.25) is 0 Å². The van der Waals surface area contributed by atoms with Crippen molar-refractivity contribution in [2.75, 3.05) is 19.0 Å². The van der Waals surface area contributed by atoms with E-state index in [0.717, 1.165) is 9.88 Å². The summed E-state index contributed by atoms with van der Waals surface area (Å²) in [7, 11) is 3.91. The van der Waals surface area contributed by atoms with Gasteiger partial charge in [0.1, 0.15) is 17.7 Å². The standard InChI is InChI=1S/C10H9N3S/c1-13(2)10-4-3-9(14-10)5-8(6-11)7-12/h3-5H,1-2H3. The highest BCUT2D eigenvalue weighted by Crippen LogP contribution is 2.25. The molecule has 0 radical (unpaired) electrons. The van der Waals surface area contributed by atoms with Gasteiger partial charge in [-0.05, 0) is 18.2 Å². The van der Waals surface area contributed by atoms with Crippen LogP contribution in [0, 0.1) is 22.7 Å². The van der Waals surface area contributed by atoms with Gasteiger partial charge in [0.15, 0.2) is 0 Å². The van der Waals surface area contributed by atoms with Crippen LogP contribution in [-0.4, -0.2) is 14.1 Å². The molecule has 14 heavy (non-hydrogen) atoms. The van der Waals surface area contributed by atoms with E-state index in [1.54, 1.807) is 17.4 Å². The molecule has 0 atom stereocenters. The highest BCUT2D eigenvalue weighted by Gasteiger charge is 2.00. The van der Waals surface area contributed by atoms with Crippen LogP contribution in [0.4, 0.5) is 5.00 Å². The van der Waals surface area contributed by atoms with Crippen molar-refractivity contribution in [3.05, 3.63) is 22.6 Å². The zero-order valence-electron chi connectivity index (χ0n) is 7.98. The summed E-state index contributed by atoms with van der Waals surface area (Å²) in [4.78, 5) is 2.91. The summed E-state index contributed by atoms with van der Waals surface area (Å²) in [5, 5.41) is 18.2. The largest absolute Gasteiger partial charge is 0.370 e. The van der Waals surface area contributed by atoms with E-state index < -0.39 is 0 Å². The molecule has 0 unspecified atom stereocenters. The quantitative estimate of drug-likeness (QED) is 0.693. The van der Waals surface area contributed by atoms with Gasteiger partial charge in [-0.1, -0.05) is 0 Å². The molecule has 0 aromatic carbocycles. The average Bonchev–Trinajstić information content (AvgIpc) is 2.62. The molecule has 0 aliphatic carbocycles. The van der Waals surface area contributed by atoms with Crippen molar-refractivity contribution in [3.63, 3.8) is 0 Å². The fourth-order valence-electron chi connectivity index (χ4n) is 0.892. The van der Waals surface area contributed by atoms with Gasteiger partial charge in [0.05, 0.1) is 5.00 Å². The summed E-state index contributed by atoms with van der Waals surface area (Å²) in [6, 6.07) is 7.52. The number of nitriles is 2. The minimum Gasteiger partial charge on any atom is -0.370 e. The van der Waals surface area contributed by atoms with E-state index in [1.807, 2.05) is 43.3 Å². The smallest absolute Gasteiger partial charge is 0.131 e. The van der Waals surface area contributed by atoms with E-state index in [1.165, 1.54) is 0 Å². The molecule has 0 saturated carbocycles. The van der Waals surface area contributed by atoms with Crippen LogP contribution in [-0.2, 0) is 0 Å². The molecular formula is C10H9N3S. The maximum Gasteiger partial charge on any atom is 0.131 e. The van der Waals surface area contributed by atoms with Crippen LogP contribution in [0.5, 0.6) is 0 Å². The van der Waals surface area contributed by atoms with E-state index in [2.05, 4.69) is 0 Å². The predicted octanol–water partition coefficient (Wildman–Crippen LogP) is 2.24. The van der Waals surface area contributed by atoms with Gasteiger partial charge < -0.3 is 4.90 Å². The topological polar surface area (TPSA) is 50.8 Å². The van der Waals surface area contributed by atoms with Crippen molar-refractivity contribution in [1.82, 2.24) is 0 Å². The summed E-state index contributed by atoms with van der Waals surface area (Å²) in [6.07, 6.45) is 1.59. The Morgan fingerprint density at radius 3 is 2.43 bits per heavy atom. The molecule has 1 rings (SSSR count). The number of nitrogens with zero attached hydrogens (tertiary/aromatic N) is 3. The lowest BCUT2D eigenvalue weighted by molar-refractivity contribution is 1.16. The second-order valence-corrected chi connectivity index (χ2v) is 3.95. The third-order valence-corrected chi connectivity index (χ3v) is 2.78. The van der Waals surface area contributed by atoms with Gasteiger partial charge in [-0.15, -0.1) is 11.3 Å². The minimum atomic E-state index is 0.136. The lowest BCUT2D eigenvalue weighted by Gasteiger charge is -2.06. The zero-order valence-corrected chi connectivity index (χ0v) is 8.80. The lowest BCUT2D eigenvalue weighted by atomic mass is 10.3. The molecule has 0 spiro atoms. The number of allylic oxidation sites excluding steroid dienone is 1. The van der Waals surface area contributed by atoms with Gasteiger partial charge >= 0.3 is 0 Å². The maximum absolute atomic E-state index is 8.56. The molecule has 0 saturated heterocycles. The summed E-state index contributed by atoms with van der Waals surface area (Å²) in [6.45, 7) is 0. The molecule has 0 fully saturated rings. The van der Waals surface area contributed by atoms with Crippen molar-refractivity contribution >= 4 is 22.4 Å². The second-order valence-electron chi connectivity index (χ2n) is 2.85. The molecule has 0 bridgehead atoms. The monoisotopic (exact) mass is 203 g/mol. The molecule has 1 aromatic rings. The van der Waals surface area contributed by atoms with Crippen LogP contribution in [0.2, 0.25) is 0 Å². The van der Waals surface area contributed by atoms with E-state index in [0.29, 0.717) is 0 Å². The first-order valence-corrected chi connectivity index (χ1v) is 4.78. The molecular weight excluding hydrogens is 194 g/mol. The highest BCUT2D eigenvalue weighted by atomic mass is 32.1. The Labute approximate surface area is 87.1 Å². The van der Waals surface area contributed by atoms with Gasteiger partial charge in [-0.25, -0.2) is 0 Å². The van der Waals surface area contributed by atoms with Crippen LogP contribution in [0.3, 0.4) is 0 Å². The SMILES string of the molecule is CN(C)c1ccc(C=C(C#N)C#N)s1. The molecule has 0 N–H and O–H groups in total. The van der Waals surface area contributed by atoms with Crippen molar-refractivity contribution in [1.29, 1.82) is 10.5 Å². The van der Waals surface area contributed by atoms with E-state index in [4.69, 9.17) is 10.5 Å². The maximum atomic E-state index is 8.56. The Morgan fingerprint density at radius 1 is 1.36 bits per heavy atom. The zero-order chi connectivity index (χ0) is 10.6. The van der Waals surface area contributed by atoms with Gasteiger partial charge in [0.25, 0.3) is 0 Å². The fraction of sp³-hybridized carbons (Fsp3) is 0.200. The number of hydrogen-bond donors (Lipinski definition) is 0. The minimum absolute atomic E-state index is 0.136. The molecule has 0 amide bonds. The van der Waals surface area contributed by atoms with Crippen LogP contribution in [0.25, 0.3) is 6.08 Å². The first-order chi connectivity index (χ1) is 6.67. The Hall–Kier alpha value is -1.78. The predicted molar refractivity (Wildman–Crippen MR) is 57.8 cm³/mol. The summed E-state index contributed by atoms with van der Waals surface area (Å²) in [5.41, 5.74) is 0.136. The molecule has 3 nitrogen and oxygen atoms in total. The van der Waals surface area contributed by atoms with Crippen LogP contribution >= 0.6 is 11.3 Å². The van der Waals surface area contributed by atoms with Crippen LogP contribution < -0.4 is 4.90 Å². The van der Waals surface area contributed by atoms with Gasteiger partial charge in [0, 0.05) is 19.0 Å². The van der Waals surface area contributed by atoms with Crippen molar-refractivity contribution in [2.45, 2.75) is 0 Å². The number of hydrogen-bond acceptors (Lipinski definition) is 4. The highest BCUT2D eigenvalue weighted by molar-refractivity contribution is 7.16. The summed E-state index contributed by atoms with van der Waals surface area (Å²) in [5.74, 6) is 0. The van der Waals surface area contributed by atoms with Crippen molar-refractivity contribution in [2.24, 2.45) is 0 Å². The third kappa shape index (κ3) is 2.35. The number of anilines is 1. The van der Waals surface area contributed by atoms with Crippen LogP contribution in [0.1, 0.15) is 4.88 Å². The van der Waals surface area contributed by atoms with Gasteiger partial charge in [-0.2, -0.15) is 10.5 Å². The molecule has 0 aliphatic heterocycles. The van der Waals surface area contributed by atoms with Crippen LogP contribution in [0.15, 0.2) is 17.7 Å². The van der Waals surface area contributed by atoms with E-state index in [9.17, 15) is 0 Å². The first kappa shape index (κ1) is 10.3. The second kappa shape index (κ2) is 4.45. The molecule has 4 heteroatoms. The Balaban J connectivity index is 2.96. The molecule has 70 valence electrons. The summed E-state index contributed by atoms with van der Waals surface area (Å²) >= 11 is 1.55. The molecule has 1 aromatic heterocycles. The molecule has 0 aliphatic rings. The third-order valence-electron chi connectivity index (χ3n) is 1.58. The number of rotatable bonds is 2. The average molecular weight is 203 g/mol. The lowest BCUT2D eigenvalue weighted by Crippen LogP contribution is -2.05. The Kier molecular flexibility index (Phi) is 3.28. The van der Waals surface area contributed by atoms with E-state index >= 15 is 0 Å². The summed E-state index contributed by atoms with van der Waals surface area (Å²) < 4.78 is 0. The first-order valence-electron chi connectivity index (χ1n) is 3.96.